The highest BCUT2D eigenvalue weighted by Gasteiger charge is 2.44. The third-order valence-electron chi connectivity index (χ3n) is 4.70. The summed E-state index contributed by atoms with van der Waals surface area (Å²) in [7, 11) is 0. The van der Waals surface area contributed by atoms with Gasteiger partial charge < -0.3 is 10.2 Å². The van der Waals surface area contributed by atoms with Gasteiger partial charge in [0.15, 0.2) is 0 Å². The number of hydrogen-bond donors (Lipinski definition) is 2. The van der Waals surface area contributed by atoms with Gasteiger partial charge in [-0.25, -0.2) is 9.59 Å². The molecule has 10 nitrogen and oxygen atoms in total. The van der Waals surface area contributed by atoms with Gasteiger partial charge in [-0.05, 0) is 27.2 Å². The first-order valence-electron chi connectivity index (χ1n) is 8.87. The van der Waals surface area contributed by atoms with E-state index in [1.807, 2.05) is 0 Å². The van der Waals surface area contributed by atoms with Crippen LogP contribution in [-0.4, -0.2) is 55.6 Å². The number of carbonyl (C=O) groups excluding carboxylic acids is 4. The van der Waals surface area contributed by atoms with E-state index in [0.717, 1.165) is 17.3 Å². The number of amides is 4. The Kier molecular flexibility index (Phi) is 6.50. The first kappa shape index (κ1) is 22.5. The summed E-state index contributed by atoms with van der Waals surface area (Å²) in [5.74, 6) is -6.13. The lowest BCUT2D eigenvalue weighted by atomic mass is 9.89. The monoisotopic (exact) mass is 416 g/mol. The topological polar surface area (TPSA) is 149 Å². The molecule has 0 aliphatic carbocycles. The highest BCUT2D eigenvalue weighted by molar-refractivity contribution is 6.17. The molecule has 0 saturated carbocycles. The Bertz CT molecular complexity index is 979. The fourth-order valence-corrected chi connectivity index (χ4v) is 3.32. The summed E-state index contributed by atoms with van der Waals surface area (Å²) in [4.78, 5) is 72.7. The van der Waals surface area contributed by atoms with Crippen molar-refractivity contribution in [2.45, 2.75) is 33.6 Å². The van der Waals surface area contributed by atoms with E-state index in [0.29, 0.717) is 28.2 Å². The van der Waals surface area contributed by atoms with Crippen LogP contribution < -0.4 is 0 Å². The van der Waals surface area contributed by atoms with Crippen LogP contribution in [0.15, 0.2) is 46.8 Å². The number of likely N-dealkylation sites (tertiary alicyclic amines) is 2. The minimum absolute atomic E-state index is 0.0205. The number of allylic oxidation sites excluding steroid dienone is 2. The van der Waals surface area contributed by atoms with E-state index in [2.05, 4.69) is 0 Å². The molecule has 0 aromatic carbocycles. The van der Waals surface area contributed by atoms with Crippen molar-refractivity contribution in [3.05, 3.63) is 46.8 Å². The van der Waals surface area contributed by atoms with Gasteiger partial charge in [-0.2, -0.15) is 0 Å². The predicted molar refractivity (Wildman–Crippen MR) is 101 cm³/mol. The van der Waals surface area contributed by atoms with E-state index in [9.17, 15) is 28.8 Å². The van der Waals surface area contributed by atoms with Gasteiger partial charge in [-0.1, -0.05) is 11.1 Å². The average molecular weight is 416 g/mol. The van der Waals surface area contributed by atoms with Crippen molar-refractivity contribution < 1.29 is 39.0 Å². The number of hydrogen-bond acceptors (Lipinski definition) is 6. The molecule has 2 aliphatic heterocycles. The molecule has 2 heterocycles. The predicted octanol–water partition coefficient (Wildman–Crippen LogP) is 0.970. The number of nitrogens with zero attached hydrogens (tertiary/aromatic N) is 2. The second-order valence-corrected chi connectivity index (χ2v) is 7.00. The van der Waals surface area contributed by atoms with Crippen LogP contribution in [0.3, 0.4) is 0 Å². The maximum atomic E-state index is 12.7. The fraction of sp³-hybridized carbons (Fsp3) is 0.300. The lowest BCUT2D eigenvalue weighted by molar-refractivity contribution is -0.137. The van der Waals surface area contributed by atoms with Crippen molar-refractivity contribution in [3.63, 3.8) is 0 Å². The van der Waals surface area contributed by atoms with Crippen molar-refractivity contribution >= 4 is 35.6 Å². The summed E-state index contributed by atoms with van der Waals surface area (Å²) in [6, 6.07) is 0. The van der Waals surface area contributed by atoms with E-state index >= 15 is 0 Å². The van der Waals surface area contributed by atoms with Crippen LogP contribution in [0.4, 0.5) is 0 Å². The molecule has 1 atom stereocenters. The molecule has 2 aliphatic rings. The Balaban J connectivity index is 2.36. The minimum atomic E-state index is -1.32. The zero-order valence-corrected chi connectivity index (χ0v) is 16.5. The molecule has 2 fully saturated rings. The molecule has 2 saturated heterocycles. The van der Waals surface area contributed by atoms with Gasteiger partial charge in [-0.15, -0.1) is 0 Å². The summed E-state index contributed by atoms with van der Waals surface area (Å²) in [6.45, 7) is 4.84. The van der Waals surface area contributed by atoms with Gasteiger partial charge in [0.25, 0.3) is 11.8 Å². The van der Waals surface area contributed by atoms with E-state index in [4.69, 9.17) is 10.2 Å². The van der Waals surface area contributed by atoms with Crippen molar-refractivity contribution in [2.24, 2.45) is 5.92 Å². The van der Waals surface area contributed by atoms with Gasteiger partial charge in [0.2, 0.25) is 11.8 Å². The summed E-state index contributed by atoms with van der Waals surface area (Å²) < 4.78 is 0. The van der Waals surface area contributed by atoms with Crippen LogP contribution in [0, 0.1) is 5.92 Å². The lowest BCUT2D eigenvalue weighted by Crippen LogP contribution is -2.25. The minimum Gasteiger partial charge on any atom is -0.478 e. The number of carboxylic acid groups (broad SMARTS) is 2. The number of aliphatic carboxylic acids is 2. The van der Waals surface area contributed by atoms with E-state index in [-0.39, 0.29) is 24.0 Å². The molecule has 30 heavy (non-hydrogen) atoms. The first-order chi connectivity index (χ1) is 14.0. The standard InChI is InChI=1S/C20H20N2O8/c1-10(2)17-13(19(29)22(20(17)30)7-5-16(26)27)8-11(3)12-9-14(23)21(18(12)28)6-4-15(24)25/h4-7,13H,8-9H2,1-3H3,(H,24,25)(H,26,27)/b6-4+,7-5+,12-11-. The molecule has 4 amide bonds. The quantitative estimate of drug-likeness (QED) is 0.480. The first-order valence-corrected chi connectivity index (χ1v) is 8.87. The zero-order valence-electron chi connectivity index (χ0n) is 16.5. The zero-order chi connectivity index (χ0) is 22.7. The normalized spacial score (nSPS) is 21.6. The smallest absolute Gasteiger partial charge is 0.329 e. The summed E-state index contributed by atoms with van der Waals surface area (Å²) in [6.07, 6.45) is 2.83. The Hall–Kier alpha value is -3.82. The molecule has 0 spiro atoms. The van der Waals surface area contributed by atoms with E-state index in [1.165, 1.54) is 0 Å². The van der Waals surface area contributed by atoms with E-state index < -0.39 is 41.5 Å². The van der Waals surface area contributed by atoms with E-state index in [1.54, 1.807) is 20.8 Å². The molecule has 0 aromatic rings. The molecule has 10 heteroatoms. The van der Waals surface area contributed by atoms with Gasteiger partial charge >= 0.3 is 11.9 Å². The van der Waals surface area contributed by atoms with Gasteiger partial charge in [-0.3, -0.25) is 29.0 Å². The van der Waals surface area contributed by atoms with Crippen LogP contribution in [0.5, 0.6) is 0 Å². The Labute approximate surface area is 171 Å². The molecule has 0 bridgehead atoms. The largest absolute Gasteiger partial charge is 0.478 e. The fourth-order valence-electron chi connectivity index (χ4n) is 3.32. The van der Waals surface area contributed by atoms with Crippen molar-refractivity contribution in [2.75, 3.05) is 0 Å². The summed E-state index contributed by atoms with van der Waals surface area (Å²) in [5, 5.41) is 17.4. The van der Waals surface area contributed by atoms with Gasteiger partial charge in [0.05, 0.1) is 12.3 Å². The number of rotatable bonds is 6. The van der Waals surface area contributed by atoms with Gasteiger partial charge in [0, 0.05) is 35.7 Å². The van der Waals surface area contributed by atoms with Crippen LogP contribution in [-0.2, 0) is 28.8 Å². The highest BCUT2D eigenvalue weighted by Crippen LogP contribution is 2.35. The third-order valence-corrected chi connectivity index (χ3v) is 4.70. The Morgan fingerprint density at radius 2 is 1.47 bits per heavy atom. The molecule has 0 aromatic heterocycles. The molecule has 2 rings (SSSR count). The van der Waals surface area contributed by atoms with Crippen LogP contribution >= 0.6 is 0 Å². The Morgan fingerprint density at radius 3 is 1.97 bits per heavy atom. The highest BCUT2D eigenvalue weighted by atomic mass is 16.4. The van der Waals surface area contributed by atoms with Crippen LogP contribution in [0.2, 0.25) is 0 Å². The lowest BCUT2D eigenvalue weighted by Gasteiger charge is -2.12. The molecular weight excluding hydrogens is 396 g/mol. The van der Waals surface area contributed by atoms with Crippen molar-refractivity contribution in [1.82, 2.24) is 9.80 Å². The molecule has 1 unspecified atom stereocenters. The second-order valence-electron chi connectivity index (χ2n) is 7.00. The van der Waals surface area contributed by atoms with Crippen molar-refractivity contribution in [1.29, 1.82) is 0 Å². The summed E-state index contributed by atoms with van der Waals surface area (Å²) in [5.41, 5.74) is 1.31. The summed E-state index contributed by atoms with van der Waals surface area (Å²) >= 11 is 0. The maximum Gasteiger partial charge on any atom is 0.329 e. The number of imide groups is 2. The van der Waals surface area contributed by atoms with Crippen LogP contribution in [0.1, 0.15) is 33.6 Å². The molecular formula is C20H20N2O8. The second kappa shape index (κ2) is 8.68. The Morgan fingerprint density at radius 1 is 0.933 bits per heavy atom. The number of carboxylic acids is 2. The van der Waals surface area contributed by atoms with Crippen LogP contribution in [0.25, 0.3) is 0 Å². The van der Waals surface area contributed by atoms with Gasteiger partial charge in [0.1, 0.15) is 0 Å². The maximum absolute atomic E-state index is 12.7. The third kappa shape index (κ3) is 4.43. The average Bonchev–Trinajstić information content (AvgIpc) is 3.04. The molecule has 2 N–H and O–H groups in total. The van der Waals surface area contributed by atoms with Crippen molar-refractivity contribution in [3.8, 4) is 0 Å². The molecule has 0 radical (unpaired) electrons. The SMILES string of the molecule is CC(C)=C1C(=O)N(/C=C/C(=O)O)C(=O)C1C/C(C)=C1/CC(=O)N(/C=C/C(=O)O)C1=O. The number of carbonyl (C=O) groups is 6. The molecule has 158 valence electrons.